The second-order valence-electron chi connectivity index (χ2n) is 7.33. The van der Waals surface area contributed by atoms with Gasteiger partial charge in [-0.05, 0) is 68.3 Å². The number of thioether (sulfide) groups is 1. The summed E-state index contributed by atoms with van der Waals surface area (Å²) in [6.07, 6.45) is 4.36. The number of thiophene rings is 1. The van der Waals surface area contributed by atoms with Crippen molar-refractivity contribution in [3.8, 4) is 0 Å². The molecule has 1 N–H and O–H groups in total. The average Bonchev–Trinajstić information content (AvgIpc) is 3.43. The lowest BCUT2D eigenvalue weighted by molar-refractivity contribution is -0.136. The summed E-state index contributed by atoms with van der Waals surface area (Å²) in [6, 6.07) is 5.14. The zero-order chi connectivity index (χ0) is 19.3. The second-order valence-corrected chi connectivity index (χ2v) is 9.59. The molecule has 1 aromatic carbocycles. The number of amides is 1. The Hall–Kier alpha value is -1.77. The van der Waals surface area contributed by atoms with E-state index in [9.17, 15) is 13.6 Å². The van der Waals surface area contributed by atoms with Gasteiger partial charge < -0.3 is 5.32 Å². The normalized spacial score (nSPS) is 26.6. The van der Waals surface area contributed by atoms with Crippen LogP contribution in [0.5, 0.6) is 0 Å². The van der Waals surface area contributed by atoms with Crippen molar-refractivity contribution in [2.75, 3.05) is 6.54 Å². The first-order valence-electron chi connectivity index (χ1n) is 9.46. The lowest BCUT2D eigenvalue weighted by Crippen LogP contribution is -2.49. The van der Waals surface area contributed by atoms with Crippen LogP contribution >= 0.6 is 23.1 Å². The molecule has 1 saturated heterocycles. The first-order chi connectivity index (χ1) is 13.6. The smallest absolute Gasteiger partial charge is 0.261 e. The maximum Gasteiger partial charge on any atom is 0.261 e. The highest BCUT2D eigenvalue weighted by molar-refractivity contribution is 8.15. The largest absolute Gasteiger partial charge is 0.306 e. The van der Waals surface area contributed by atoms with Gasteiger partial charge >= 0.3 is 0 Å². The highest BCUT2D eigenvalue weighted by Gasteiger charge is 2.52. The molecule has 5 rings (SSSR count). The average molecular weight is 420 g/mol. The quantitative estimate of drug-likeness (QED) is 0.793. The highest BCUT2D eigenvalue weighted by atomic mass is 32.2. The third kappa shape index (κ3) is 2.81. The van der Waals surface area contributed by atoms with E-state index in [0.717, 1.165) is 62.4 Å². The van der Waals surface area contributed by atoms with Gasteiger partial charge in [-0.3, -0.25) is 4.79 Å². The maximum atomic E-state index is 14.5. The Kier molecular flexibility index (Phi) is 4.52. The molecule has 2 atom stereocenters. The van der Waals surface area contributed by atoms with Gasteiger partial charge in [0, 0.05) is 16.0 Å². The van der Waals surface area contributed by atoms with Crippen LogP contribution in [0.2, 0.25) is 0 Å². The molecule has 3 heterocycles. The van der Waals surface area contributed by atoms with Crippen molar-refractivity contribution in [1.82, 2.24) is 10.3 Å². The van der Waals surface area contributed by atoms with Gasteiger partial charge in [0.25, 0.3) is 5.91 Å². The van der Waals surface area contributed by atoms with Crippen molar-refractivity contribution in [2.45, 2.75) is 43.0 Å². The van der Waals surface area contributed by atoms with Crippen LogP contribution in [0.3, 0.4) is 0 Å². The first-order valence-corrected chi connectivity index (χ1v) is 11.2. The van der Waals surface area contributed by atoms with E-state index >= 15 is 0 Å². The Balaban J connectivity index is 1.62. The Labute approximate surface area is 170 Å². The highest BCUT2D eigenvalue weighted by Crippen LogP contribution is 2.55. The zero-order valence-corrected chi connectivity index (χ0v) is 16.7. The van der Waals surface area contributed by atoms with Crippen LogP contribution in [0.1, 0.15) is 41.7 Å². The minimum atomic E-state index is -0.678. The van der Waals surface area contributed by atoms with Crippen LogP contribution in [-0.4, -0.2) is 28.5 Å². The summed E-state index contributed by atoms with van der Waals surface area (Å²) in [7, 11) is 0. The van der Waals surface area contributed by atoms with E-state index in [-0.39, 0.29) is 17.5 Å². The van der Waals surface area contributed by atoms with Crippen LogP contribution in [-0.2, 0) is 16.1 Å². The molecule has 2 aromatic rings. The van der Waals surface area contributed by atoms with Gasteiger partial charge in [-0.1, -0.05) is 11.8 Å². The third-order valence-electron chi connectivity index (χ3n) is 5.61. The van der Waals surface area contributed by atoms with Gasteiger partial charge in [0.05, 0.1) is 6.04 Å². The number of aryl methyl sites for hydroxylation is 1. The Morgan fingerprint density at radius 1 is 1.29 bits per heavy atom. The molecule has 3 aliphatic rings. The van der Waals surface area contributed by atoms with Gasteiger partial charge in [0.15, 0.2) is 0 Å². The molecule has 4 nitrogen and oxygen atoms in total. The summed E-state index contributed by atoms with van der Waals surface area (Å²) in [5, 5.41) is 11.8. The predicted molar refractivity (Wildman–Crippen MR) is 107 cm³/mol. The van der Waals surface area contributed by atoms with Crippen LogP contribution in [0.4, 0.5) is 8.78 Å². The van der Waals surface area contributed by atoms with Crippen molar-refractivity contribution in [1.29, 1.82) is 0 Å². The Morgan fingerprint density at radius 2 is 2.18 bits per heavy atom. The van der Waals surface area contributed by atoms with Gasteiger partial charge in [0.1, 0.15) is 21.5 Å². The fraction of sp³-hybridized carbons (Fsp3) is 0.400. The molecule has 8 heteroatoms. The van der Waals surface area contributed by atoms with Gasteiger partial charge in [0.2, 0.25) is 0 Å². The summed E-state index contributed by atoms with van der Waals surface area (Å²) in [5.74, 6) is -1.14. The molecule has 0 saturated carbocycles. The van der Waals surface area contributed by atoms with Crippen molar-refractivity contribution in [3.63, 3.8) is 0 Å². The molecule has 1 spiro atoms. The van der Waals surface area contributed by atoms with Gasteiger partial charge in [-0.2, -0.15) is 5.10 Å². The van der Waals surface area contributed by atoms with Crippen molar-refractivity contribution in [3.05, 3.63) is 57.3 Å². The predicted octanol–water partition coefficient (Wildman–Crippen LogP) is 4.20. The number of rotatable bonds is 2. The van der Waals surface area contributed by atoms with Gasteiger partial charge in [-0.15, -0.1) is 11.3 Å². The van der Waals surface area contributed by atoms with E-state index in [1.807, 2.05) is 5.38 Å². The standard InChI is InChI=1S/C20H19F2N3OS2/c21-12-5-6-15(22)13(11-12)18-24-25(19(26)16-3-2-9-23-16)20(28-18)8-1-4-17-14(20)7-10-27-17/h5-7,10-11,16,23H,1-4,8-9H2/t16-,20?/m0/s1. The number of carbonyl (C=O) groups excluding carboxylic acids is 1. The van der Waals surface area contributed by atoms with E-state index in [1.165, 1.54) is 16.6 Å². The number of benzene rings is 1. The molecule has 146 valence electrons. The number of hydrogen-bond donors (Lipinski definition) is 1. The van der Waals surface area contributed by atoms with E-state index < -0.39 is 16.5 Å². The van der Waals surface area contributed by atoms with Crippen LogP contribution in [0.15, 0.2) is 34.7 Å². The molecular weight excluding hydrogens is 400 g/mol. The summed E-state index contributed by atoms with van der Waals surface area (Å²) in [5.41, 5.74) is 1.19. The lowest BCUT2D eigenvalue weighted by Gasteiger charge is -2.39. The SMILES string of the molecule is O=C([C@@H]1CCCN1)N1N=C(c2cc(F)ccc2F)SC12CCCc1sccc12. The molecular formula is C20H19F2N3OS2. The number of nitrogens with zero attached hydrogens (tertiary/aromatic N) is 2. The summed E-state index contributed by atoms with van der Waals surface area (Å²) in [6.45, 7) is 0.809. The minimum absolute atomic E-state index is 0.0872. The molecule has 0 bridgehead atoms. The molecule has 2 aliphatic heterocycles. The molecule has 1 unspecified atom stereocenters. The lowest BCUT2D eigenvalue weighted by atomic mass is 9.92. The monoisotopic (exact) mass is 419 g/mol. The number of carbonyl (C=O) groups is 1. The summed E-state index contributed by atoms with van der Waals surface area (Å²) >= 11 is 3.06. The van der Waals surface area contributed by atoms with Crippen LogP contribution in [0.25, 0.3) is 0 Å². The summed E-state index contributed by atoms with van der Waals surface area (Å²) in [4.78, 5) is 13.9. The van der Waals surface area contributed by atoms with E-state index in [0.29, 0.717) is 5.04 Å². The first kappa shape index (κ1) is 18.3. The van der Waals surface area contributed by atoms with Crippen LogP contribution < -0.4 is 5.32 Å². The number of fused-ring (bicyclic) bond motifs is 2. The molecule has 0 radical (unpaired) electrons. The number of hydrogen-bond acceptors (Lipinski definition) is 5. The molecule has 1 amide bonds. The van der Waals surface area contributed by atoms with Crippen LogP contribution in [0, 0.1) is 11.6 Å². The third-order valence-corrected chi connectivity index (χ3v) is 8.02. The maximum absolute atomic E-state index is 14.5. The molecule has 1 fully saturated rings. The molecule has 1 aromatic heterocycles. The van der Waals surface area contributed by atoms with Crippen molar-refractivity contribution < 1.29 is 13.6 Å². The molecule has 1 aliphatic carbocycles. The Morgan fingerprint density at radius 3 is 3.00 bits per heavy atom. The van der Waals surface area contributed by atoms with Crippen molar-refractivity contribution in [2.24, 2.45) is 5.10 Å². The van der Waals surface area contributed by atoms with E-state index in [4.69, 9.17) is 0 Å². The summed E-state index contributed by atoms with van der Waals surface area (Å²) < 4.78 is 28.3. The fourth-order valence-corrected chi connectivity index (χ4v) is 6.80. The number of nitrogens with one attached hydrogen (secondary N) is 1. The molecule has 28 heavy (non-hydrogen) atoms. The topological polar surface area (TPSA) is 44.7 Å². The Bertz CT molecular complexity index is 970. The zero-order valence-electron chi connectivity index (χ0n) is 15.1. The number of halogens is 2. The van der Waals surface area contributed by atoms with Gasteiger partial charge in [-0.25, -0.2) is 13.8 Å². The van der Waals surface area contributed by atoms with Crippen molar-refractivity contribution >= 4 is 34.0 Å². The minimum Gasteiger partial charge on any atom is -0.306 e. The number of hydrazone groups is 1. The fourth-order valence-electron chi connectivity index (χ4n) is 4.27. The second kappa shape index (κ2) is 6.93. The van der Waals surface area contributed by atoms with E-state index in [2.05, 4.69) is 16.5 Å². The van der Waals surface area contributed by atoms with E-state index in [1.54, 1.807) is 16.3 Å².